The molecule has 19 heavy (non-hydrogen) atoms. The molecule has 0 radical (unpaired) electrons. The third-order valence-corrected chi connectivity index (χ3v) is 2.67. The molecule has 2 aromatic rings. The molecule has 0 spiro atoms. The highest BCUT2D eigenvalue weighted by Crippen LogP contribution is 2.20. The van der Waals surface area contributed by atoms with E-state index in [2.05, 4.69) is 30.7 Å². The fourth-order valence-electron chi connectivity index (χ4n) is 1.67. The first-order valence-electron chi connectivity index (χ1n) is 6.35. The maximum absolute atomic E-state index is 4.69. The Kier molecular flexibility index (Phi) is 4.27. The van der Waals surface area contributed by atoms with Crippen LogP contribution in [0.1, 0.15) is 31.1 Å². The molecule has 0 bridgehead atoms. The van der Waals surface area contributed by atoms with Gasteiger partial charge >= 0.3 is 0 Å². The molecular formula is C12H18N6O. The maximum Gasteiger partial charge on any atom is 0.213 e. The molecule has 0 aliphatic heterocycles. The van der Waals surface area contributed by atoms with Crippen molar-refractivity contribution in [3.8, 4) is 0 Å². The predicted octanol–water partition coefficient (Wildman–Crippen LogP) is 1.77. The number of hydrogen-bond acceptors (Lipinski definition) is 7. The standard InChI is InChI=1S/C12H18N6O/c1-4-9-16-11(13-5-2)8(3)12(17-9)14-6-10-15-7-19-18-10/h7H,4-6H2,1-3H3,(H2,13,14,16,17). The van der Waals surface area contributed by atoms with Gasteiger partial charge in [-0.15, -0.1) is 0 Å². The summed E-state index contributed by atoms with van der Waals surface area (Å²) in [7, 11) is 0. The van der Waals surface area contributed by atoms with Crippen molar-refractivity contribution in [2.24, 2.45) is 0 Å². The van der Waals surface area contributed by atoms with E-state index in [1.165, 1.54) is 6.39 Å². The molecule has 0 atom stereocenters. The Morgan fingerprint density at radius 2 is 1.84 bits per heavy atom. The molecular weight excluding hydrogens is 244 g/mol. The predicted molar refractivity (Wildman–Crippen MR) is 71.9 cm³/mol. The second kappa shape index (κ2) is 6.12. The first-order chi connectivity index (χ1) is 9.24. The van der Waals surface area contributed by atoms with Crippen LogP contribution in [-0.4, -0.2) is 26.7 Å². The summed E-state index contributed by atoms with van der Waals surface area (Å²) >= 11 is 0. The number of aryl methyl sites for hydroxylation is 1. The highest BCUT2D eigenvalue weighted by molar-refractivity contribution is 5.57. The maximum atomic E-state index is 4.69. The molecule has 2 aromatic heterocycles. The van der Waals surface area contributed by atoms with Crippen LogP contribution < -0.4 is 10.6 Å². The van der Waals surface area contributed by atoms with Crippen LogP contribution >= 0.6 is 0 Å². The second-order valence-electron chi connectivity index (χ2n) is 4.05. The molecule has 0 saturated carbocycles. The second-order valence-corrected chi connectivity index (χ2v) is 4.05. The molecule has 2 rings (SSSR count). The first kappa shape index (κ1) is 13.3. The minimum atomic E-state index is 0.475. The van der Waals surface area contributed by atoms with Crippen molar-refractivity contribution in [3.63, 3.8) is 0 Å². The van der Waals surface area contributed by atoms with Gasteiger partial charge in [0.1, 0.15) is 17.5 Å². The lowest BCUT2D eigenvalue weighted by Crippen LogP contribution is -2.11. The minimum absolute atomic E-state index is 0.475. The third-order valence-electron chi connectivity index (χ3n) is 2.67. The first-order valence-corrected chi connectivity index (χ1v) is 6.35. The van der Waals surface area contributed by atoms with E-state index in [-0.39, 0.29) is 0 Å². The van der Waals surface area contributed by atoms with Crippen LogP contribution in [0.2, 0.25) is 0 Å². The zero-order valence-corrected chi connectivity index (χ0v) is 11.4. The molecule has 7 nitrogen and oxygen atoms in total. The highest BCUT2D eigenvalue weighted by Gasteiger charge is 2.10. The van der Waals surface area contributed by atoms with Crippen LogP contribution in [0.3, 0.4) is 0 Å². The van der Waals surface area contributed by atoms with Crippen molar-refractivity contribution >= 4 is 11.6 Å². The number of nitrogens with one attached hydrogen (secondary N) is 2. The van der Waals surface area contributed by atoms with Crippen LogP contribution in [0, 0.1) is 6.92 Å². The number of anilines is 2. The van der Waals surface area contributed by atoms with Gasteiger partial charge in [-0.3, -0.25) is 0 Å². The normalized spacial score (nSPS) is 10.5. The molecule has 102 valence electrons. The zero-order valence-electron chi connectivity index (χ0n) is 11.4. The molecule has 0 fully saturated rings. The van der Waals surface area contributed by atoms with Crippen molar-refractivity contribution in [1.29, 1.82) is 0 Å². The smallest absolute Gasteiger partial charge is 0.213 e. The summed E-state index contributed by atoms with van der Waals surface area (Å²) in [5, 5.41) is 10.2. The molecule has 0 aliphatic rings. The van der Waals surface area contributed by atoms with E-state index in [4.69, 9.17) is 4.52 Å². The van der Waals surface area contributed by atoms with Crippen LogP contribution in [0.4, 0.5) is 11.6 Å². The lowest BCUT2D eigenvalue weighted by Gasteiger charge is -2.13. The number of rotatable bonds is 6. The summed E-state index contributed by atoms with van der Waals surface area (Å²) in [5.74, 6) is 3.07. The van der Waals surface area contributed by atoms with Gasteiger partial charge in [0, 0.05) is 18.5 Å². The molecule has 0 unspecified atom stereocenters. The van der Waals surface area contributed by atoms with Crippen molar-refractivity contribution < 1.29 is 4.52 Å². The third kappa shape index (κ3) is 3.18. The Balaban J connectivity index is 2.20. The highest BCUT2D eigenvalue weighted by atomic mass is 16.5. The molecule has 0 amide bonds. The summed E-state index contributed by atoms with van der Waals surface area (Å²) in [6, 6.07) is 0. The van der Waals surface area contributed by atoms with Crippen molar-refractivity contribution in [3.05, 3.63) is 23.6 Å². The summed E-state index contributed by atoms with van der Waals surface area (Å²) in [6.07, 6.45) is 2.10. The Hall–Kier alpha value is -2.18. The SMILES string of the molecule is CCNc1nc(CC)nc(NCc2ncon2)c1C. The van der Waals surface area contributed by atoms with E-state index in [1.54, 1.807) is 0 Å². The fourth-order valence-corrected chi connectivity index (χ4v) is 1.67. The van der Waals surface area contributed by atoms with Gasteiger partial charge in [0.05, 0.1) is 6.54 Å². The molecule has 0 aromatic carbocycles. The van der Waals surface area contributed by atoms with Crippen LogP contribution in [0.5, 0.6) is 0 Å². The zero-order chi connectivity index (χ0) is 13.7. The molecule has 7 heteroatoms. The van der Waals surface area contributed by atoms with Crippen LogP contribution in [0.15, 0.2) is 10.9 Å². The Bertz CT molecular complexity index is 525. The van der Waals surface area contributed by atoms with Gasteiger partial charge in [0.2, 0.25) is 6.39 Å². The molecule has 2 N–H and O–H groups in total. The number of hydrogen-bond donors (Lipinski definition) is 2. The van der Waals surface area contributed by atoms with Gasteiger partial charge < -0.3 is 15.2 Å². The summed E-state index contributed by atoms with van der Waals surface area (Å²) in [5.41, 5.74) is 0.988. The average Bonchev–Trinajstić information content (AvgIpc) is 2.93. The Morgan fingerprint density at radius 3 is 2.42 bits per heavy atom. The topological polar surface area (TPSA) is 88.8 Å². The van der Waals surface area contributed by atoms with Gasteiger partial charge in [0.25, 0.3) is 0 Å². The van der Waals surface area contributed by atoms with E-state index >= 15 is 0 Å². The van der Waals surface area contributed by atoms with E-state index < -0.39 is 0 Å². The van der Waals surface area contributed by atoms with Gasteiger partial charge in [0.15, 0.2) is 5.82 Å². The largest absolute Gasteiger partial charge is 0.370 e. The van der Waals surface area contributed by atoms with Crippen molar-refractivity contribution in [2.45, 2.75) is 33.7 Å². The van der Waals surface area contributed by atoms with Crippen LogP contribution in [0.25, 0.3) is 0 Å². The van der Waals surface area contributed by atoms with Gasteiger partial charge in [-0.25, -0.2) is 9.97 Å². The van der Waals surface area contributed by atoms with Crippen molar-refractivity contribution in [2.75, 3.05) is 17.2 Å². The monoisotopic (exact) mass is 262 g/mol. The summed E-state index contributed by atoms with van der Waals surface area (Å²) in [4.78, 5) is 12.9. The average molecular weight is 262 g/mol. The lowest BCUT2D eigenvalue weighted by molar-refractivity contribution is 0.411. The quantitative estimate of drug-likeness (QED) is 0.820. The summed E-state index contributed by atoms with van der Waals surface area (Å²) < 4.78 is 4.69. The van der Waals surface area contributed by atoms with E-state index in [0.29, 0.717) is 12.4 Å². The van der Waals surface area contributed by atoms with E-state index in [9.17, 15) is 0 Å². The van der Waals surface area contributed by atoms with Crippen LogP contribution in [-0.2, 0) is 13.0 Å². The number of nitrogens with zero attached hydrogens (tertiary/aromatic N) is 4. The summed E-state index contributed by atoms with van der Waals surface area (Å²) in [6.45, 7) is 7.35. The van der Waals surface area contributed by atoms with Gasteiger partial charge in [-0.2, -0.15) is 4.98 Å². The Labute approximate surface area is 111 Å². The molecule has 2 heterocycles. The van der Waals surface area contributed by atoms with E-state index in [0.717, 1.165) is 36.0 Å². The minimum Gasteiger partial charge on any atom is -0.370 e. The van der Waals surface area contributed by atoms with E-state index in [1.807, 2.05) is 20.8 Å². The molecule has 0 aliphatic carbocycles. The molecule has 0 saturated heterocycles. The van der Waals surface area contributed by atoms with Gasteiger partial charge in [-0.05, 0) is 13.8 Å². The lowest BCUT2D eigenvalue weighted by atomic mass is 10.3. The fraction of sp³-hybridized carbons (Fsp3) is 0.500. The van der Waals surface area contributed by atoms with Crippen molar-refractivity contribution in [1.82, 2.24) is 20.1 Å². The Morgan fingerprint density at radius 1 is 1.11 bits per heavy atom. The van der Waals surface area contributed by atoms with Gasteiger partial charge in [-0.1, -0.05) is 12.1 Å². The number of aromatic nitrogens is 4.